The fraction of sp³-hybridized carbons (Fsp3) is 0.960. The summed E-state index contributed by atoms with van der Waals surface area (Å²) in [5.74, 6) is -0.850. The van der Waals surface area contributed by atoms with Crippen molar-refractivity contribution in [1.29, 1.82) is 0 Å². The van der Waals surface area contributed by atoms with E-state index in [0.29, 0.717) is 19.4 Å². The number of methoxy groups -OCH3 is 1. The van der Waals surface area contributed by atoms with Gasteiger partial charge >= 0.3 is 5.97 Å². The summed E-state index contributed by atoms with van der Waals surface area (Å²) in [6.45, 7) is 22.7. The summed E-state index contributed by atoms with van der Waals surface area (Å²) in [5, 5.41) is 9.60. The molecule has 7 nitrogen and oxygen atoms in total. The third-order valence-electron chi connectivity index (χ3n) is 6.62. The lowest BCUT2D eigenvalue weighted by Gasteiger charge is -2.44. The van der Waals surface area contributed by atoms with Gasteiger partial charge in [-0.3, -0.25) is 4.79 Å². The zero-order valence-electron chi connectivity index (χ0n) is 24.2. The highest BCUT2D eigenvalue weighted by molar-refractivity contribution is 7.90. The molecule has 0 bridgehead atoms. The minimum absolute atomic E-state index is 0.0554. The van der Waals surface area contributed by atoms with E-state index in [4.69, 9.17) is 17.3 Å². The van der Waals surface area contributed by atoms with Crippen LogP contribution in [0.4, 0.5) is 0 Å². The molecule has 0 saturated carbocycles. The number of carboxylic acid groups (broad SMARTS) is 1. The van der Waals surface area contributed by atoms with Crippen LogP contribution in [0, 0.1) is 10.8 Å². The van der Waals surface area contributed by atoms with Crippen LogP contribution in [0.3, 0.4) is 0 Å². The molecule has 0 aliphatic rings. The lowest BCUT2D eigenvalue weighted by atomic mass is 9.63. The summed E-state index contributed by atoms with van der Waals surface area (Å²) < 4.78 is 37.9. The second-order valence-electron chi connectivity index (χ2n) is 12.1. The summed E-state index contributed by atoms with van der Waals surface area (Å²) in [6.07, 6.45) is 2.06. The predicted octanol–water partition coefficient (Wildman–Crippen LogP) is 5.08. The molecule has 0 amide bonds. The number of sulfonamides is 1. The maximum atomic E-state index is 13.2. The Labute approximate surface area is 211 Å². The van der Waals surface area contributed by atoms with Gasteiger partial charge in [-0.25, -0.2) is 12.7 Å². The summed E-state index contributed by atoms with van der Waals surface area (Å²) in [5.41, 5.74) is -2.81. The summed E-state index contributed by atoms with van der Waals surface area (Å²) in [7, 11) is 3.60. The Hall–Kier alpha value is -0.635. The van der Waals surface area contributed by atoms with Gasteiger partial charge < -0.3 is 14.6 Å². The van der Waals surface area contributed by atoms with E-state index in [0.717, 1.165) is 0 Å². The monoisotopic (exact) mass is 505 g/mol. The Morgan fingerprint density at radius 1 is 0.971 bits per heavy atom. The van der Waals surface area contributed by atoms with E-state index in [2.05, 4.69) is 13.8 Å². The van der Waals surface area contributed by atoms with Gasteiger partial charge in [0.05, 0.1) is 25.5 Å². The van der Waals surface area contributed by atoms with Gasteiger partial charge in [0.1, 0.15) is 4.75 Å². The minimum atomic E-state index is -3.73. The van der Waals surface area contributed by atoms with E-state index in [-0.39, 0.29) is 13.1 Å². The number of hydrogen-bond donors (Lipinski definition) is 1. The molecular weight excluding hydrogens is 453 g/mol. The number of carbonyl (C=O) groups is 1. The molecule has 1 N–H and O–H groups in total. The van der Waals surface area contributed by atoms with Gasteiger partial charge in [0.15, 0.2) is 0 Å². The van der Waals surface area contributed by atoms with Crippen LogP contribution in [0.2, 0.25) is 0 Å². The van der Waals surface area contributed by atoms with Crippen LogP contribution in [0.15, 0.2) is 0 Å². The third kappa shape index (κ3) is 9.43. The van der Waals surface area contributed by atoms with Crippen LogP contribution < -0.4 is 0 Å². The van der Waals surface area contributed by atoms with Gasteiger partial charge in [0.25, 0.3) is 0 Å². The van der Waals surface area contributed by atoms with Crippen molar-refractivity contribution >= 4 is 23.8 Å². The van der Waals surface area contributed by atoms with Crippen molar-refractivity contribution < 1.29 is 27.8 Å². The van der Waals surface area contributed by atoms with Crippen molar-refractivity contribution in [3.63, 3.8) is 0 Å². The molecule has 0 saturated heterocycles. The van der Waals surface area contributed by atoms with Crippen LogP contribution >= 0.6 is 0 Å². The molecule has 0 aliphatic heterocycles. The lowest BCUT2D eigenvalue weighted by molar-refractivity contribution is -0.157. The van der Waals surface area contributed by atoms with Crippen LogP contribution in [0.5, 0.6) is 0 Å². The Kier molecular flexibility index (Phi) is 13.7. The van der Waals surface area contributed by atoms with E-state index in [1.54, 1.807) is 27.7 Å². The molecule has 0 rings (SSSR count). The molecule has 202 valence electrons. The molecule has 2 radical (unpaired) electrons. The van der Waals surface area contributed by atoms with Gasteiger partial charge in [-0.2, -0.15) is 0 Å². The first-order chi connectivity index (χ1) is 15.0. The van der Waals surface area contributed by atoms with E-state index < -0.39 is 42.7 Å². The lowest BCUT2D eigenvalue weighted by Crippen LogP contribution is -2.56. The first kappa shape index (κ1) is 35.5. The molecular formula is C25H52BNO6S. The number of nitrogens with zero attached hydrogens (tertiary/aromatic N) is 1. The van der Waals surface area contributed by atoms with Crippen molar-refractivity contribution in [1.82, 2.24) is 4.31 Å². The van der Waals surface area contributed by atoms with Crippen molar-refractivity contribution in [2.75, 3.05) is 26.8 Å². The van der Waals surface area contributed by atoms with Crippen molar-refractivity contribution in [2.24, 2.45) is 10.8 Å². The highest BCUT2D eigenvalue weighted by Crippen LogP contribution is 2.45. The molecule has 0 aromatic carbocycles. The Morgan fingerprint density at radius 2 is 1.41 bits per heavy atom. The molecule has 0 fully saturated rings. The maximum absolute atomic E-state index is 13.2. The molecule has 34 heavy (non-hydrogen) atoms. The van der Waals surface area contributed by atoms with Crippen molar-refractivity contribution in [2.45, 2.75) is 118 Å². The SMILES string of the molecule is CCC.[B]CN(C(C)(C)CCOC(C)(C)CC(C)(C)C(C)(C)C(=O)O)S(=O)(=O)C(C)(C)COC. The normalized spacial score (nSPS) is 14.1. The largest absolute Gasteiger partial charge is 0.481 e. The van der Waals surface area contributed by atoms with E-state index in [1.165, 1.54) is 17.8 Å². The van der Waals surface area contributed by atoms with Gasteiger partial charge in [0.2, 0.25) is 10.0 Å². The quantitative estimate of drug-likeness (QED) is 0.331. The van der Waals surface area contributed by atoms with E-state index in [1.807, 2.05) is 41.5 Å². The second kappa shape index (κ2) is 13.1. The fourth-order valence-electron chi connectivity index (χ4n) is 3.72. The first-order valence-corrected chi connectivity index (χ1v) is 13.6. The number of carboxylic acids is 1. The zero-order valence-corrected chi connectivity index (χ0v) is 25.0. The van der Waals surface area contributed by atoms with Gasteiger partial charge in [-0.05, 0) is 80.1 Å². The first-order valence-electron chi connectivity index (χ1n) is 12.1. The molecule has 0 aromatic rings. The maximum Gasteiger partial charge on any atom is 0.309 e. The minimum Gasteiger partial charge on any atom is -0.481 e. The van der Waals surface area contributed by atoms with Crippen molar-refractivity contribution in [3.8, 4) is 0 Å². The highest BCUT2D eigenvalue weighted by atomic mass is 32.2. The number of rotatable bonds is 14. The predicted molar refractivity (Wildman–Crippen MR) is 142 cm³/mol. The average molecular weight is 506 g/mol. The van der Waals surface area contributed by atoms with Gasteiger partial charge in [0, 0.05) is 19.3 Å². The molecule has 0 unspecified atom stereocenters. The molecule has 9 heteroatoms. The van der Waals surface area contributed by atoms with Gasteiger partial charge in [-0.15, -0.1) is 0 Å². The fourth-order valence-corrected chi connectivity index (χ4v) is 5.52. The summed E-state index contributed by atoms with van der Waals surface area (Å²) >= 11 is 0. The van der Waals surface area contributed by atoms with E-state index >= 15 is 0 Å². The second-order valence-corrected chi connectivity index (χ2v) is 14.6. The molecule has 0 atom stereocenters. The topological polar surface area (TPSA) is 93.1 Å². The molecule has 0 aliphatic carbocycles. The molecule has 0 aromatic heterocycles. The molecule has 0 heterocycles. The Morgan fingerprint density at radius 3 is 1.76 bits per heavy atom. The number of hydrogen-bond acceptors (Lipinski definition) is 5. The Bertz CT molecular complexity index is 730. The standard InChI is InChI=1S/C22H44BNO6S.C3H8/c1-18(2,22(9,10)17(25)26)14-20(5,6)30-13-12-19(3,4)24(16-23)31(27,28)21(7,8)15-29-11;1-3-2/h12-16H2,1-11H3,(H,25,26);3H2,1-2H3. The van der Waals surface area contributed by atoms with E-state index in [9.17, 15) is 18.3 Å². The van der Waals surface area contributed by atoms with Crippen LogP contribution in [0.1, 0.15) is 102 Å². The van der Waals surface area contributed by atoms with Gasteiger partial charge in [-0.1, -0.05) is 34.1 Å². The number of ether oxygens (including phenoxy) is 2. The van der Waals surface area contributed by atoms with Crippen LogP contribution in [0.25, 0.3) is 0 Å². The van der Waals surface area contributed by atoms with Crippen LogP contribution in [-0.2, 0) is 24.3 Å². The Balaban J connectivity index is 0. The van der Waals surface area contributed by atoms with Crippen LogP contribution in [-0.4, -0.2) is 74.3 Å². The average Bonchev–Trinajstić information content (AvgIpc) is 2.60. The number of aliphatic carboxylic acids is 1. The zero-order chi connectivity index (χ0) is 27.8. The summed E-state index contributed by atoms with van der Waals surface area (Å²) in [4.78, 5) is 11.7. The third-order valence-corrected chi connectivity index (χ3v) is 9.36. The smallest absolute Gasteiger partial charge is 0.309 e. The molecule has 0 spiro atoms. The van der Waals surface area contributed by atoms with Crippen molar-refractivity contribution in [3.05, 3.63) is 0 Å². The summed E-state index contributed by atoms with van der Waals surface area (Å²) in [6, 6.07) is 0. The highest BCUT2D eigenvalue weighted by Gasteiger charge is 2.47.